The number of methoxy groups -OCH3 is 1. The molecule has 1 aliphatic heterocycles. The summed E-state index contributed by atoms with van der Waals surface area (Å²) in [5.74, 6) is 0.804. The third-order valence-electron chi connectivity index (χ3n) is 6.72. The highest BCUT2D eigenvalue weighted by Crippen LogP contribution is 2.41. The van der Waals surface area contributed by atoms with E-state index < -0.39 is 0 Å². The molecule has 4 aromatic rings. The second-order valence-corrected chi connectivity index (χ2v) is 10.5. The highest BCUT2D eigenvalue weighted by atomic mass is 32.2. The lowest BCUT2D eigenvalue weighted by atomic mass is 9.83. The number of allylic oxidation sites excluding steroid dienone is 1. The minimum atomic E-state index is -0.179. The third-order valence-corrected chi connectivity index (χ3v) is 8.44. The van der Waals surface area contributed by atoms with Crippen molar-refractivity contribution >= 4 is 34.9 Å². The van der Waals surface area contributed by atoms with Gasteiger partial charge in [0.15, 0.2) is 4.80 Å². The number of ether oxygens (including phenoxy) is 1. The molecule has 2 heterocycles. The molecule has 0 unspecified atom stereocenters. The molecular formula is C29H24N2O2S2. The number of rotatable bonds is 4. The number of aromatic nitrogens is 1. The Kier molecular flexibility index (Phi) is 5.71. The lowest BCUT2D eigenvalue weighted by Gasteiger charge is -2.30. The minimum Gasteiger partial charge on any atom is -0.497 e. The number of hydrogen-bond acceptors (Lipinski definition) is 5. The Balaban J connectivity index is 1.58. The largest absolute Gasteiger partial charge is 0.497 e. The van der Waals surface area contributed by atoms with E-state index >= 15 is 0 Å². The molecule has 0 bridgehead atoms. The molecule has 0 spiro atoms. The van der Waals surface area contributed by atoms with Gasteiger partial charge in [-0.3, -0.25) is 9.36 Å². The van der Waals surface area contributed by atoms with Crippen LogP contribution in [-0.4, -0.2) is 17.9 Å². The van der Waals surface area contributed by atoms with Crippen molar-refractivity contribution in [2.45, 2.75) is 23.8 Å². The number of thiazole rings is 1. The van der Waals surface area contributed by atoms with Gasteiger partial charge in [0.2, 0.25) is 0 Å². The zero-order chi connectivity index (χ0) is 23.9. The smallest absolute Gasteiger partial charge is 0.271 e. The van der Waals surface area contributed by atoms with Crippen LogP contribution in [0.3, 0.4) is 0 Å². The molecule has 6 heteroatoms. The second-order valence-electron chi connectivity index (χ2n) is 8.66. The number of aryl methyl sites for hydroxylation is 1. The van der Waals surface area contributed by atoms with Gasteiger partial charge in [-0.2, -0.15) is 0 Å². The zero-order valence-electron chi connectivity index (χ0n) is 19.5. The molecule has 0 amide bonds. The molecule has 4 nitrogen and oxygen atoms in total. The fraction of sp³-hybridized carbons (Fsp3) is 0.172. The van der Waals surface area contributed by atoms with E-state index in [1.54, 1.807) is 18.9 Å². The fourth-order valence-electron chi connectivity index (χ4n) is 4.96. The van der Waals surface area contributed by atoms with E-state index in [4.69, 9.17) is 9.73 Å². The van der Waals surface area contributed by atoms with Gasteiger partial charge in [0.05, 0.1) is 23.4 Å². The molecule has 0 N–H and O–H groups in total. The molecule has 174 valence electrons. The molecule has 1 aromatic heterocycles. The van der Waals surface area contributed by atoms with Crippen molar-refractivity contribution in [1.29, 1.82) is 0 Å². The first-order valence-electron chi connectivity index (χ1n) is 11.6. The summed E-state index contributed by atoms with van der Waals surface area (Å²) >= 11 is 3.18. The van der Waals surface area contributed by atoms with Gasteiger partial charge in [-0.25, -0.2) is 4.99 Å². The van der Waals surface area contributed by atoms with Gasteiger partial charge >= 0.3 is 0 Å². The SMILES string of the molecule is COc1ccc([C@H]2C3=C(N=c4s/c(=C\c5ccc(SC)cc5)c(=O)n42)c2ccccc2CC3)cc1. The first-order chi connectivity index (χ1) is 17.2. The highest BCUT2D eigenvalue weighted by molar-refractivity contribution is 7.98. The van der Waals surface area contributed by atoms with E-state index in [0.29, 0.717) is 4.53 Å². The van der Waals surface area contributed by atoms with E-state index in [0.717, 1.165) is 40.2 Å². The maximum atomic E-state index is 13.8. The quantitative estimate of drug-likeness (QED) is 0.372. The summed E-state index contributed by atoms with van der Waals surface area (Å²) in [6.45, 7) is 0. The fourth-order valence-corrected chi connectivity index (χ4v) is 6.37. The minimum absolute atomic E-state index is 0.00826. The molecule has 1 aliphatic carbocycles. The summed E-state index contributed by atoms with van der Waals surface area (Å²) in [6, 6.07) is 24.7. The van der Waals surface area contributed by atoms with Gasteiger partial charge in [-0.15, -0.1) is 11.8 Å². The van der Waals surface area contributed by atoms with Gasteiger partial charge < -0.3 is 4.74 Å². The third kappa shape index (κ3) is 3.87. The Morgan fingerprint density at radius 1 is 1.03 bits per heavy atom. The molecule has 35 heavy (non-hydrogen) atoms. The zero-order valence-corrected chi connectivity index (χ0v) is 21.2. The van der Waals surface area contributed by atoms with E-state index in [9.17, 15) is 4.79 Å². The van der Waals surface area contributed by atoms with Crippen molar-refractivity contribution in [2.24, 2.45) is 4.99 Å². The standard InChI is InChI=1S/C29H24N2O2S2/c1-33-21-12-9-20(10-13-21)27-24-16-11-19-5-3-4-6-23(19)26(24)30-29-31(27)28(32)25(35-29)17-18-7-14-22(34-2)15-8-18/h3-10,12-15,17,27H,11,16H2,1-2H3/b25-17-/t27-/m0/s1. The Hall–Kier alpha value is -3.35. The average Bonchev–Trinajstić information content (AvgIpc) is 3.22. The van der Waals surface area contributed by atoms with Crippen molar-refractivity contribution in [3.8, 4) is 5.75 Å². The van der Waals surface area contributed by atoms with Gasteiger partial charge in [-0.05, 0) is 71.7 Å². The van der Waals surface area contributed by atoms with E-state index in [-0.39, 0.29) is 11.6 Å². The number of hydrogen-bond donors (Lipinski definition) is 0. The summed E-state index contributed by atoms with van der Waals surface area (Å²) in [6.07, 6.45) is 5.87. The molecule has 6 rings (SSSR count). The first kappa shape index (κ1) is 22.1. The predicted molar refractivity (Wildman–Crippen MR) is 144 cm³/mol. The normalized spacial score (nSPS) is 16.9. The van der Waals surface area contributed by atoms with Crippen LogP contribution in [-0.2, 0) is 6.42 Å². The Morgan fingerprint density at radius 3 is 2.54 bits per heavy atom. The lowest BCUT2D eigenvalue weighted by Crippen LogP contribution is -2.38. The molecule has 2 aliphatic rings. The Morgan fingerprint density at radius 2 is 1.80 bits per heavy atom. The molecule has 3 aromatic carbocycles. The number of benzene rings is 3. The molecule has 1 atom stereocenters. The monoisotopic (exact) mass is 496 g/mol. The summed E-state index contributed by atoms with van der Waals surface area (Å²) < 4.78 is 7.98. The highest BCUT2D eigenvalue weighted by Gasteiger charge is 2.32. The molecule has 0 saturated heterocycles. The van der Waals surface area contributed by atoms with Crippen LogP contribution in [0.4, 0.5) is 0 Å². The number of nitrogens with zero attached hydrogens (tertiary/aromatic N) is 2. The molecule has 0 fully saturated rings. The van der Waals surface area contributed by atoms with Gasteiger partial charge in [0.1, 0.15) is 5.75 Å². The van der Waals surface area contributed by atoms with Gasteiger partial charge in [-0.1, -0.05) is 59.9 Å². The summed E-state index contributed by atoms with van der Waals surface area (Å²) in [4.78, 5) is 20.8. The second kappa shape index (κ2) is 9.02. The van der Waals surface area contributed by atoms with E-state index in [2.05, 4.69) is 66.9 Å². The van der Waals surface area contributed by atoms with Crippen LogP contribution in [0.2, 0.25) is 0 Å². The average molecular weight is 497 g/mol. The van der Waals surface area contributed by atoms with Crippen LogP contribution in [0.15, 0.2) is 93.1 Å². The van der Waals surface area contributed by atoms with Gasteiger partial charge in [0.25, 0.3) is 5.56 Å². The van der Waals surface area contributed by atoms with Crippen molar-refractivity contribution < 1.29 is 4.74 Å². The summed E-state index contributed by atoms with van der Waals surface area (Å²) in [5, 5.41) is 0. The Bertz CT molecular complexity index is 1630. The lowest BCUT2D eigenvalue weighted by molar-refractivity contribution is 0.414. The Labute approximate surface area is 211 Å². The van der Waals surface area contributed by atoms with Crippen molar-refractivity contribution in [1.82, 2.24) is 4.57 Å². The first-order valence-corrected chi connectivity index (χ1v) is 13.6. The maximum absolute atomic E-state index is 13.8. The van der Waals surface area contributed by atoms with Gasteiger partial charge in [0, 0.05) is 10.5 Å². The summed E-state index contributed by atoms with van der Waals surface area (Å²) in [5.41, 5.74) is 6.82. The van der Waals surface area contributed by atoms with Crippen LogP contribution in [0.5, 0.6) is 5.75 Å². The topological polar surface area (TPSA) is 43.6 Å². The van der Waals surface area contributed by atoms with Crippen LogP contribution in [0.25, 0.3) is 11.8 Å². The van der Waals surface area contributed by atoms with E-state index in [1.807, 2.05) is 22.8 Å². The van der Waals surface area contributed by atoms with Crippen molar-refractivity contribution in [3.05, 3.63) is 120 Å². The number of thioether (sulfide) groups is 1. The number of fused-ring (bicyclic) bond motifs is 3. The molecule has 0 saturated carbocycles. The summed E-state index contributed by atoms with van der Waals surface area (Å²) in [7, 11) is 1.67. The predicted octanol–water partition coefficient (Wildman–Crippen LogP) is 5.05. The van der Waals surface area contributed by atoms with Crippen LogP contribution in [0.1, 0.15) is 34.7 Å². The van der Waals surface area contributed by atoms with Crippen LogP contribution >= 0.6 is 23.1 Å². The van der Waals surface area contributed by atoms with Crippen LogP contribution < -0.4 is 19.6 Å². The van der Waals surface area contributed by atoms with Crippen LogP contribution in [0, 0.1) is 0 Å². The van der Waals surface area contributed by atoms with Crippen molar-refractivity contribution in [2.75, 3.05) is 13.4 Å². The molecular weight excluding hydrogens is 472 g/mol. The van der Waals surface area contributed by atoms with E-state index in [1.165, 1.54) is 32.9 Å². The molecule has 0 radical (unpaired) electrons. The van der Waals surface area contributed by atoms with Crippen molar-refractivity contribution in [3.63, 3.8) is 0 Å². The maximum Gasteiger partial charge on any atom is 0.271 e.